The Bertz CT molecular complexity index is 1260. The van der Waals surface area contributed by atoms with Crippen LogP contribution >= 0.6 is 0 Å². The topological polar surface area (TPSA) is 72.1 Å². The van der Waals surface area contributed by atoms with E-state index in [1.165, 1.54) is 24.5 Å². The summed E-state index contributed by atoms with van der Waals surface area (Å²) in [6.45, 7) is 1.84. The maximum Gasteiger partial charge on any atom is 0.197 e. The van der Waals surface area contributed by atoms with E-state index in [1.54, 1.807) is 12.4 Å². The Hall–Kier alpha value is -3.45. The van der Waals surface area contributed by atoms with Gasteiger partial charge in [0, 0.05) is 61.3 Å². The van der Waals surface area contributed by atoms with Crippen molar-refractivity contribution in [2.45, 2.75) is 19.5 Å². The highest BCUT2D eigenvalue weighted by atomic mass is 19.1. The Morgan fingerprint density at radius 1 is 1.17 bits per heavy atom. The molecule has 6 nitrogen and oxygen atoms in total. The zero-order valence-corrected chi connectivity index (χ0v) is 15.5. The first-order chi connectivity index (χ1) is 14.2. The van der Waals surface area contributed by atoms with Crippen molar-refractivity contribution in [1.82, 2.24) is 19.9 Å². The van der Waals surface area contributed by atoms with Crippen molar-refractivity contribution in [1.29, 1.82) is 0 Å². The predicted molar refractivity (Wildman–Crippen MR) is 106 cm³/mol. The van der Waals surface area contributed by atoms with Crippen LogP contribution in [0, 0.1) is 5.82 Å². The van der Waals surface area contributed by atoms with Crippen molar-refractivity contribution in [2.24, 2.45) is 0 Å². The monoisotopic (exact) mass is 388 g/mol. The second-order valence-corrected chi connectivity index (χ2v) is 7.09. The first-order valence-electron chi connectivity index (χ1n) is 9.35. The quantitative estimate of drug-likeness (QED) is 0.536. The highest BCUT2D eigenvalue weighted by Gasteiger charge is 2.20. The fourth-order valence-corrected chi connectivity index (χ4v) is 3.64. The SMILES string of the molecule is O=c1c(CN2CCc3nc(-c4ccncc4)ncc3C2)coc2ccc(F)cc12. The summed E-state index contributed by atoms with van der Waals surface area (Å²) in [7, 11) is 0. The molecule has 1 aliphatic heterocycles. The molecule has 0 fully saturated rings. The summed E-state index contributed by atoms with van der Waals surface area (Å²) in [4.78, 5) is 28.1. The van der Waals surface area contributed by atoms with E-state index in [-0.39, 0.29) is 10.8 Å². The van der Waals surface area contributed by atoms with Gasteiger partial charge in [0.1, 0.15) is 11.4 Å². The minimum atomic E-state index is -0.448. The van der Waals surface area contributed by atoms with Crippen LogP contribution in [0.4, 0.5) is 4.39 Å². The van der Waals surface area contributed by atoms with Crippen LogP contribution < -0.4 is 5.43 Å². The van der Waals surface area contributed by atoms with Gasteiger partial charge in [0.2, 0.25) is 0 Å². The lowest BCUT2D eigenvalue weighted by molar-refractivity contribution is 0.240. The van der Waals surface area contributed by atoms with Crippen LogP contribution in [0.15, 0.2) is 64.4 Å². The molecule has 0 aliphatic carbocycles. The van der Waals surface area contributed by atoms with Gasteiger partial charge in [-0.2, -0.15) is 0 Å². The Balaban J connectivity index is 1.38. The van der Waals surface area contributed by atoms with Gasteiger partial charge in [0.05, 0.1) is 17.3 Å². The maximum absolute atomic E-state index is 13.5. The molecule has 0 unspecified atom stereocenters. The number of hydrogen-bond donors (Lipinski definition) is 0. The predicted octanol–water partition coefficient (Wildman–Crippen LogP) is 3.34. The third-order valence-corrected chi connectivity index (χ3v) is 5.15. The van der Waals surface area contributed by atoms with Crippen LogP contribution in [0.1, 0.15) is 16.8 Å². The highest BCUT2D eigenvalue weighted by Crippen LogP contribution is 2.22. The fourth-order valence-electron chi connectivity index (χ4n) is 3.64. The fraction of sp³-hybridized carbons (Fsp3) is 0.182. The molecule has 0 atom stereocenters. The lowest BCUT2D eigenvalue weighted by atomic mass is 10.1. The number of aromatic nitrogens is 3. The Morgan fingerprint density at radius 3 is 2.90 bits per heavy atom. The van der Waals surface area contributed by atoms with E-state index in [4.69, 9.17) is 9.40 Å². The minimum absolute atomic E-state index is 0.194. The van der Waals surface area contributed by atoms with Gasteiger partial charge in [0.15, 0.2) is 11.3 Å². The van der Waals surface area contributed by atoms with Crippen LogP contribution in [0.3, 0.4) is 0 Å². The zero-order valence-electron chi connectivity index (χ0n) is 15.5. The molecule has 0 amide bonds. The number of halogens is 1. The molecule has 0 spiro atoms. The van der Waals surface area contributed by atoms with E-state index < -0.39 is 5.82 Å². The molecule has 144 valence electrons. The van der Waals surface area contributed by atoms with E-state index in [0.717, 1.165) is 29.8 Å². The smallest absolute Gasteiger partial charge is 0.197 e. The first-order valence-corrected chi connectivity index (χ1v) is 9.35. The summed E-state index contributed by atoms with van der Waals surface area (Å²) in [6, 6.07) is 7.76. The van der Waals surface area contributed by atoms with Gasteiger partial charge in [-0.25, -0.2) is 14.4 Å². The van der Waals surface area contributed by atoms with Gasteiger partial charge in [-0.05, 0) is 30.3 Å². The third kappa shape index (κ3) is 3.40. The van der Waals surface area contributed by atoms with Crippen molar-refractivity contribution >= 4 is 11.0 Å². The number of rotatable bonds is 3. The molecule has 7 heteroatoms. The summed E-state index contributed by atoms with van der Waals surface area (Å²) >= 11 is 0. The van der Waals surface area contributed by atoms with Crippen molar-refractivity contribution in [3.63, 3.8) is 0 Å². The third-order valence-electron chi connectivity index (χ3n) is 5.15. The first kappa shape index (κ1) is 17.6. The van der Waals surface area contributed by atoms with Gasteiger partial charge >= 0.3 is 0 Å². The van der Waals surface area contributed by atoms with Gasteiger partial charge in [-0.1, -0.05) is 0 Å². The van der Waals surface area contributed by atoms with Crippen LogP contribution in [0.25, 0.3) is 22.4 Å². The summed E-state index contributed by atoms with van der Waals surface area (Å²) in [5, 5.41) is 0.269. The molecule has 0 saturated heterocycles. The number of hydrogen-bond acceptors (Lipinski definition) is 6. The summed E-state index contributed by atoms with van der Waals surface area (Å²) in [6.07, 6.45) is 7.54. The Labute approximate surface area is 165 Å². The molecule has 1 aliphatic rings. The molecule has 1 aromatic carbocycles. The second kappa shape index (κ2) is 7.18. The number of pyridine rings is 1. The van der Waals surface area contributed by atoms with Gasteiger partial charge in [-0.3, -0.25) is 14.7 Å². The lowest BCUT2D eigenvalue weighted by Gasteiger charge is -2.27. The van der Waals surface area contributed by atoms with E-state index >= 15 is 0 Å². The van der Waals surface area contributed by atoms with Crippen LogP contribution in [0.2, 0.25) is 0 Å². The number of nitrogens with zero attached hydrogens (tertiary/aromatic N) is 4. The normalized spacial score (nSPS) is 14.1. The largest absolute Gasteiger partial charge is 0.464 e. The molecule has 0 radical (unpaired) electrons. The molecule has 3 aromatic heterocycles. The second-order valence-electron chi connectivity index (χ2n) is 7.09. The maximum atomic E-state index is 13.5. The van der Waals surface area contributed by atoms with Gasteiger partial charge < -0.3 is 4.42 Å². The molecule has 0 N–H and O–H groups in total. The van der Waals surface area contributed by atoms with Crippen molar-refractivity contribution < 1.29 is 8.81 Å². The summed E-state index contributed by atoms with van der Waals surface area (Å²) < 4.78 is 19.1. The van der Waals surface area contributed by atoms with Gasteiger partial charge in [-0.15, -0.1) is 0 Å². The van der Waals surface area contributed by atoms with Crippen LogP contribution in [-0.4, -0.2) is 26.4 Å². The molecule has 4 aromatic rings. The molecular weight excluding hydrogens is 371 g/mol. The molecule has 5 rings (SSSR count). The summed E-state index contributed by atoms with van der Waals surface area (Å²) in [5.74, 6) is 0.243. The van der Waals surface area contributed by atoms with Crippen LogP contribution in [-0.2, 0) is 19.5 Å². The van der Waals surface area contributed by atoms with Crippen molar-refractivity contribution in [3.05, 3.63) is 88.0 Å². The average Bonchev–Trinajstić information content (AvgIpc) is 2.76. The standard InChI is InChI=1S/C22H17FN4O2/c23-17-1-2-20-18(9-17)21(28)16(13-29-20)12-27-8-5-19-15(11-27)10-25-22(26-19)14-3-6-24-7-4-14/h1-4,6-7,9-10,13H,5,8,11-12H2. The van der Waals surface area contributed by atoms with E-state index in [0.29, 0.717) is 30.1 Å². The van der Waals surface area contributed by atoms with Gasteiger partial charge in [0.25, 0.3) is 0 Å². The van der Waals surface area contributed by atoms with Crippen molar-refractivity contribution in [2.75, 3.05) is 6.54 Å². The molecule has 0 saturated carbocycles. The van der Waals surface area contributed by atoms with Crippen LogP contribution in [0.5, 0.6) is 0 Å². The molecule has 0 bridgehead atoms. The Kier molecular flexibility index (Phi) is 4.37. The number of benzene rings is 1. The highest BCUT2D eigenvalue weighted by molar-refractivity contribution is 5.76. The Morgan fingerprint density at radius 2 is 2.03 bits per heavy atom. The molecule has 4 heterocycles. The molecular formula is C22H17FN4O2. The molecule has 29 heavy (non-hydrogen) atoms. The van der Waals surface area contributed by atoms with E-state index in [9.17, 15) is 9.18 Å². The zero-order chi connectivity index (χ0) is 19.8. The lowest BCUT2D eigenvalue weighted by Crippen LogP contribution is -2.32. The summed E-state index contributed by atoms with van der Waals surface area (Å²) in [5.41, 5.74) is 3.72. The minimum Gasteiger partial charge on any atom is -0.464 e. The van der Waals surface area contributed by atoms with E-state index in [2.05, 4.69) is 14.9 Å². The number of fused-ring (bicyclic) bond motifs is 2. The van der Waals surface area contributed by atoms with E-state index in [1.807, 2.05) is 18.3 Å². The van der Waals surface area contributed by atoms with Crippen molar-refractivity contribution in [3.8, 4) is 11.4 Å². The average molecular weight is 388 g/mol.